The molecule has 2 aromatic heterocycles. The number of H-pyrrole nitrogens is 1. The van der Waals surface area contributed by atoms with Gasteiger partial charge in [-0.05, 0) is 18.6 Å². The molecule has 0 aromatic carbocycles. The van der Waals surface area contributed by atoms with E-state index in [0.29, 0.717) is 23.2 Å². The van der Waals surface area contributed by atoms with Gasteiger partial charge in [-0.3, -0.25) is 14.6 Å². The number of nitrogens with one attached hydrogen (secondary N) is 1. The lowest BCUT2D eigenvalue weighted by atomic mass is 10.3. The van der Waals surface area contributed by atoms with Crippen LogP contribution in [0.5, 0.6) is 0 Å². The summed E-state index contributed by atoms with van der Waals surface area (Å²) in [7, 11) is -3.89. The standard InChI is InChI=1S/C10H12N4O3S2/c15-19(16,17)7-1-6-18-10-12-9(13-14-10)8-2-4-11-5-3-8/h2-5H,1,6-7H2,(H,12,13,14)(H,15,16,17). The maximum atomic E-state index is 10.5. The highest BCUT2D eigenvalue weighted by Crippen LogP contribution is 2.18. The summed E-state index contributed by atoms with van der Waals surface area (Å²) >= 11 is 1.33. The third kappa shape index (κ3) is 4.62. The molecule has 0 saturated carbocycles. The number of aromatic amines is 1. The Bertz CT molecular complexity index is 627. The first-order valence-corrected chi connectivity index (χ1v) is 8.05. The van der Waals surface area contributed by atoms with Crippen molar-refractivity contribution in [2.24, 2.45) is 0 Å². The summed E-state index contributed by atoms with van der Waals surface area (Å²) in [5.74, 6) is 0.911. The molecule has 2 heterocycles. The van der Waals surface area contributed by atoms with Gasteiger partial charge in [0.25, 0.3) is 10.1 Å². The average molecular weight is 300 g/mol. The van der Waals surface area contributed by atoms with Crippen LogP contribution in [0.25, 0.3) is 11.4 Å². The van der Waals surface area contributed by atoms with Crippen molar-refractivity contribution in [2.45, 2.75) is 11.6 Å². The average Bonchev–Trinajstić information content (AvgIpc) is 2.83. The second-order valence-corrected chi connectivity index (χ2v) is 6.32. The molecule has 2 rings (SSSR count). The quantitative estimate of drug-likeness (QED) is 0.469. The molecular formula is C10H12N4O3S2. The number of thioether (sulfide) groups is 1. The molecule has 0 atom stereocenters. The van der Waals surface area contributed by atoms with E-state index in [0.717, 1.165) is 5.56 Å². The predicted molar refractivity (Wildman–Crippen MR) is 71.4 cm³/mol. The van der Waals surface area contributed by atoms with Crippen LogP contribution in [0.3, 0.4) is 0 Å². The second kappa shape index (κ2) is 6.13. The Morgan fingerprint density at radius 2 is 2.05 bits per heavy atom. The maximum absolute atomic E-state index is 10.5. The van der Waals surface area contributed by atoms with Crippen LogP contribution in [0.4, 0.5) is 0 Å². The van der Waals surface area contributed by atoms with Gasteiger partial charge in [-0.15, -0.1) is 5.10 Å². The van der Waals surface area contributed by atoms with Crippen LogP contribution in [0.2, 0.25) is 0 Å². The lowest BCUT2D eigenvalue weighted by molar-refractivity contribution is 0.482. The largest absolute Gasteiger partial charge is 0.286 e. The summed E-state index contributed by atoms with van der Waals surface area (Å²) in [4.78, 5) is 8.18. The number of hydrogen-bond acceptors (Lipinski definition) is 6. The lowest BCUT2D eigenvalue weighted by Gasteiger charge is -1.95. The van der Waals surface area contributed by atoms with E-state index in [1.165, 1.54) is 11.8 Å². The summed E-state index contributed by atoms with van der Waals surface area (Å²) in [6.07, 6.45) is 3.68. The lowest BCUT2D eigenvalue weighted by Crippen LogP contribution is -2.04. The number of rotatable bonds is 6. The monoisotopic (exact) mass is 300 g/mol. The van der Waals surface area contributed by atoms with Gasteiger partial charge in [-0.2, -0.15) is 8.42 Å². The molecule has 0 fully saturated rings. The van der Waals surface area contributed by atoms with E-state index >= 15 is 0 Å². The van der Waals surface area contributed by atoms with Gasteiger partial charge in [0.2, 0.25) is 5.16 Å². The van der Waals surface area contributed by atoms with Gasteiger partial charge in [-0.25, -0.2) is 4.98 Å². The Balaban J connectivity index is 1.88. The molecule has 102 valence electrons. The molecule has 19 heavy (non-hydrogen) atoms. The van der Waals surface area contributed by atoms with Crippen LogP contribution in [-0.2, 0) is 10.1 Å². The highest BCUT2D eigenvalue weighted by molar-refractivity contribution is 7.99. The van der Waals surface area contributed by atoms with E-state index < -0.39 is 10.1 Å². The molecule has 0 aliphatic carbocycles. The van der Waals surface area contributed by atoms with Crippen molar-refractivity contribution >= 4 is 21.9 Å². The van der Waals surface area contributed by atoms with Crippen molar-refractivity contribution in [3.8, 4) is 11.4 Å². The summed E-state index contributed by atoms with van der Waals surface area (Å²) in [6.45, 7) is 0. The Kier molecular flexibility index (Phi) is 4.51. The summed E-state index contributed by atoms with van der Waals surface area (Å²) in [5, 5.41) is 7.37. The summed E-state index contributed by atoms with van der Waals surface area (Å²) in [5.41, 5.74) is 0.882. The van der Waals surface area contributed by atoms with E-state index in [2.05, 4.69) is 20.2 Å². The first-order chi connectivity index (χ1) is 9.04. The highest BCUT2D eigenvalue weighted by Gasteiger charge is 2.07. The first-order valence-electron chi connectivity index (χ1n) is 5.45. The van der Waals surface area contributed by atoms with Gasteiger partial charge >= 0.3 is 0 Å². The van der Waals surface area contributed by atoms with Gasteiger partial charge in [-0.1, -0.05) is 11.8 Å². The molecule has 0 amide bonds. The minimum Gasteiger partial charge on any atom is -0.286 e. The zero-order chi connectivity index (χ0) is 13.7. The van der Waals surface area contributed by atoms with Crippen molar-refractivity contribution in [2.75, 3.05) is 11.5 Å². The molecule has 0 bridgehead atoms. The molecule has 0 aliphatic rings. The van der Waals surface area contributed by atoms with Crippen LogP contribution in [0.1, 0.15) is 6.42 Å². The normalized spacial score (nSPS) is 11.6. The number of nitrogens with zero attached hydrogens (tertiary/aromatic N) is 3. The molecule has 0 radical (unpaired) electrons. The van der Waals surface area contributed by atoms with Crippen molar-refractivity contribution < 1.29 is 13.0 Å². The first kappa shape index (κ1) is 14.0. The third-order valence-electron chi connectivity index (χ3n) is 2.20. The van der Waals surface area contributed by atoms with E-state index in [1.807, 2.05) is 12.1 Å². The molecule has 7 nitrogen and oxygen atoms in total. The van der Waals surface area contributed by atoms with Crippen molar-refractivity contribution in [3.05, 3.63) is 24.5 Å². The van der Waals surface area contributed by atoms with Gasteiger partial charge in [0.05, 0.1) is 5.75 Å². The number of pyridine rings is 1. The highest BCUT2D eigenvalue weighted by atomic mass is 32.2. The Labute approximate surface area is 114 Å². The Morgan fingerprint density at radius 3 is 2.74 bits per heavy atom. The molecule has 0 spiro atoms. The Hall–Kier alpha value is -1.45. The van der Waals surface area contributed by atoms with Crippen LogP contribution in [0, 0.1) is 0 Å². The van der Waals surface area contributed by atoms with E-state index in [4.69, 9.17) is 4.55 Å². The number of hydrogen-bond donors (Lipinski definition) is 2. The minimum absolute atomic E-state index is 0.248. The number of aromatic nitrogens is 4. The van der Waals surface area contributed by atoms with Crippen LogP contribution in [-0.4, -0.2) is 44.6 Å². The van der Waals surface area contributed by atoms with Crippen LogP contribution in [0.15, 0.2) is 29.7 Å². The van der Waals surface area contributed by atoms with Crippen molar-refractivity contribution in [3.63, 3.8) is 0 Å². The van der Waals surface area contributed by atoms with Crippen LogP contribution < -0.4 is 0 Å². The third-order valence-corrected chi connectivity index (χ3v) is 3.93. The van der Waals surface area contributed by atoms with Crippen molar-refractivity contribution in [1.29, 1.82) is 0 Å². The topological polar surface area (TPSA) is 109 Å². The zero-order valence-corrected chi connectivity index (χ0v) is 11.5. The van der Waals surface area contributed by atoms with Gasteiger partial charge in [0.15, 0.2) is 5.82 Å². The zero-order valence-electron chi connectivity index (χ0n) is 9.85. The minimum atomic E-state index is -3.89. The fourth-order valence-electron chi connectivity index (χ4n) is 1.35. The molecule has 0 unspecified atom stereocenters. The molecule has 2 N–H and O–H groups in total. The van der Waals surface area contributed by atoms with E-state index in [-0.39, 0.29) is 5.75 Å². The smallest absolute Gasteiger partial charge is 0.264 e. The van der Waals surface area contributed by atoms with E-state index in [9.17, 15) is 8.42 Å². The fourth-order valence-corrected chi connectivity index (χ4v) is 2.78. The Morgan fingerprint density at radius 1 is 1.32 bits per heavy atom. The molecule has 0 aliphatic heterocycles. The van der Waals surface area contributed by atoms with Crippen LogP contribution >= 0.6 is 11.8 Å². The summed E-state index contributed by atoms with van der Waals surface area (Å²) < 4.78 is 29.7. The van der Waals surface area contributed by atoms with Gasteiger partial charge in [0, 0.05) is 23.7 Å². The van der Waals surface area contributed by atoms with Gasteiger partial charge in [0.1, 0.15) is 0 Å². The maximum Gasteiger partial charge on any atom is 0.264 e. The van der Waals surface area contributed by atoms with Crippen molar-refractivity contribution in [1.82, 2.24) is 20.2 Å². The molecule has 9 heteroatoms. The molecule has 0 saturated heterocycles. The van der Waals surface area contributed by atoms with E-state index in [1.54, 1.807) is 12.4 Å². The van der Waals surface area contributed by atoms with Gasteiger partial charge < -0.3 is 0 Å². The predicted octanol–water partition coefficient (Wildman–Crippen LogP) is 1.24. The fraction of sp³-hybridized carbons (Fsp3) is 0.300. The summed E-state index contributed by atoms with van der Waals surface area (Å²) in [6, 6.07) is 3.63. The SMILES string of the molecule is O=S(=O)(O)CCCSc1n[nH]c(-c2ccncc2)n1. The molecule has 2 aromatic rings. The molecular weight excluding hydrogens is 288 g/mol. The second-order valence-electron chi connectivity index (χ2n) is 3.69.